The van der Waals surface area contributed by atoms with Crippen LogP contribution < -0.4 is 14.8 Å². The highest BCUT2D eigenvalue weighted by atomic mass is 35.5. The molecule has 5 rings (SSSR count). The molecule has 0 aliphatic rings. The highest BCUT2D eigenvalue weighted by Gasteiger charge is 2.13. The molecule has 0 saturated carbocycles. The summed E-state index contributed by atoms with van der Waals surface area (Å²) in [6, 6.07) is 22.8. The second kappa shape index (κ2) is 9.38. The van der Waals surface area contributed by atoms with E-state index in [-0.39, 0.29) is 12.4 Å². The van der Waals surface area contributed by atoms with Crippen molar-refractivity contribution in [1.29, 1.82) is 0 Å². The molecule has 0 aliphatic carbocycles. The molecule has 0 bridgehead atoms. The maximum Gasteiger partial charge on any atom is 0.162 e. The number of benzene rings is 3. The minimum atomic E-state index is 0. The number of hydrogen-bond donors (Lipinski definition) is 1. The van der Waals surface area contributed by atoms with E-state index in [2.05, 4.69) is 74.6 Å². The van der Waals surface area contributed by atoms with Crippen LogP contribution in [-0.4, -0.2) is 28.8 Å². The number of methoxy groups -OCH3 is 2. The first-order valence-corrected chi connectivity index (χ1v) is 10.4. The summed E-state index contributed by atoms with van der Waals surface area (Å²) in [4.78, 5) is 9.21. The summed E-state index contributed by atoms with van der Waals surface area (Å²) in [7, 11) is 3.25. The van der Waals surface area contributed by atoms with Crippen molar-refractivity contribution in [3.05, 3.63) is 84.3 Å². The first-order chi connectivity index (χ1) is 15.6. The van der Waals surface area contributed by atoms with E-state index < -0.39 is 0 Å². The topological polar surface area (TPSA) is 61.2 Å². The molecule has 0 unspecified atom stereocenters. The number of halogens is 1. The Morgan fingerprint density at radius 2 is 1.64 bits per heavy atom. The fraction of sp³-hybridized carbons (Fsp3) is 0.154. The average Bonchev–Trinajstić information content (AvgIpc) is 3.20. The quantitative estimate of drug-likeness (QED) is 0.330. The molecule has 0 saturated heterocycles. The van der Waals surface area contributed by atoms with Gasteiger partial charge >= 0.3 is 0 Å². The lowest BCUT2D eigenvalue weighted by Gasteiger charge is -2.13. The molecular weight excluding hydrogens is 436 g/mol. The van der Waals surface area contributed by atoms with Crippen molar-refractivity contribution in [2.45, 2.75) is 13.5 Å². The Balaban J connectivity index is 0.00000259. The molecule has 2 aromatic heterocycles. The van der Waals surface area contributed by atoms with E-state index in [0.717, 1.165) is 29.0 Å². The van der Waals surface area contributed by atoms with Gasteiger partial charge in [0.15, 0.2) is 11.5 Å². The molecule has 0 fully saturated rings. The van der Waals surface area contributed by atoms with Gasteiger partial charge in [-0.05, 0) is 42.8 Å². The van der Waals surface area contributed by atoms with Crippen molar-refractivity contribution in [3.63, 3.8) is 0 Å². The number of nitrogens with one attached hydrogen (secondary N) is 1. The van der Waals surface area contributed by atoms with Gasteiger partial charge in [-0.25, -0.2) is 9.97 Å². The highest BCUT2D eigenvalue weighted by molar-refractivity contribution is 5.94. The van der Waals surface area contributed by atoms with Gasteiger partial charge < -0.3 is 19.4 Å². The van der Waals surface area contributed by atoms with Crippen molar-refractivity contribution >= 4 is 45.7 Å². The number of anilines is 2. The lowest BCUT2D eigenvalue weighted by molar-refractivity contribution is 0.356. The van der Waals surface area contributed by atoms with E-state index in [1.54, 1.807) is 14.2 Å². The minimum absolute atomic E-state index is 0. The van der Waals surface area contributed by atoms with Crippen LogP contribution in [0.3, 0.4) is 0 Å². The molecule has 0 radical (unpaired) electrons. The predicted molar refractivity (Wildman–Crippen MR) is 135 cm³/mol. The number of aryl methyl sites for hydroxylation is 1. The first-order valence-electron chi connectivity index (χ1n) is 10.4. The standard InChI is InChI=1S/C26H24N4O2.ClH/c1-17-27-22-15-25(32-3)24(31-2)14-21(22)26(28-17)29-20-9-10-23-19(13-20)11-12-30(23)16-18-7-5-4-6-8-18;/h4-15H,16H2,1-3H3,(H,27,28,29);1H. The lowest BCUT2D eigenvalue weighted by Crippen LogP contribution is -2.01. The third-order valence-electron chi connectivity index (χ3n) is 5.54. The van der Waals surface area contributed by atoms with E-state index in [1.165, 1.54) is 16.5 Å². The number of rotatable bonds is 6. The van der Waals surface area contributed by atoms with Crippen LogP contribution in [0.2, 0.25) is 0 Å². The van der Waals surface area contributed by atoms with E-state index in [4.69, 9.17) is 9.47 Å². The zero-order valence-corrected chi connectivity index (χ0v) is 19.5. The van der Waals surface area contributed by atoms with Gasteiger partial charge in [-0.15, -0.1) is 12.4 Å². The number of ether oxygens (including phenoxy) is 2. The minimum Gasteiger partial charge on any atom is -0.493 e. The normalized spacial score (nSPS) is 10.8. The van der Waals surface area contributed by atoms with Gasteiger partial charge in [0.2, 0.25) is 0 Å². The van der Waals surface area contributed by atoms with Crippen LogP contribution in [0, 0.1) is 6.92 Å². The van der Waals surface area contributed by atoms with Gasteiger partial charge in [0.1, 0.15) is 11.6 Å². The van der Waals surface area contributed by atoms with Crippen LogP contribution in [0.1, 0.15) is 11.4 Å². The van der Waals surface area contributed by atoms with Gasteiger partial charge in [0, 0.05) is 40.8 Å². The third-order valence-corrected chi connectivity index (χ3v) is 5.54. The third kappa shape index (κ3) is 4.43. The average molecular weight is 461 g/mol. The first kappa shape index (κ1) is 22.4. The van der Waals surface area contributed by atoms with Crippen LogP contribution in [0.5, 0.6) is 11.5 Å². The number of fused-ring (bicyclic) bond motifs is 2. The second-order valence-electron chi connectivity index (χ2n) is 7.67. The summed E-state index contributed by atoms with van der Waals surface area (Å²) < 4.78 is 13.2. The van der Waals surface area contributed by atoms with E-state index >= 15 is 0 Å². The summed E-state index contributed by atoms with van der Waals surface area (Å²) in [5.41, 5.74) is 4.23. The maximum atomic E-state index is 5.48. The molecule has 2 heterocycles. The molecule has 1 N–H and O–H groups in total. The molecule has 6 nitrogen and oxygen atoms in total. The Labute approximate surface area is 198 Å². The van der Waals surface area contributed by atoms with Crippen LogP contribution in [0.15, 0.2) is 72.9 Å². The Hall–Kier alpha value is -3.77. The van der Waals surface area contributed by atoms with E-state index in [1.807, 2.05) is 25.1 Å². The van der Waals surface area contributed by atoms with Crippen LogP contribution >= 0.6 is 12.4 Å². The maximum absolute atomic E-state index is 5.48. The van der Waals surface area contributed by atoms with Crippen LogP contribution in [0.25, 0.3) is 21.8 Å². The van der Waals surface area contributed by atoms with Gasteiger partial charge in [0.05, 0.1) is 19.7 Å². The fourth-order valence-corrected chi connectivity index (χ4v) is 4.00. The van der Waals surface area contributed by atoms with Crippen molar-refractivity contribution < 1.29 is 9.47 Å². The Bertz CT molecular complexity index is 1420. The van der Waals surface area contributed by atoms with Gasteiger partial charge in [-0.1, -0.05) is 30.3 Å². The lowest BCUT2D eigenvalue weighted by atomic mass is 10.2. The van der Waals surface area contributed by atoms with Gasteiger partial charge in [0.25, 0.3) is 0 Å². The molecule has 0 atom stereocenters. The van der Waals surface area contributed by atoms with Crippen LogP contribution in [-0.2, 0) is 6.54 Å². The van der Waals surface area contributed by atoms with Crippen molar-refractivity contribution in [3.8, 4) is 11.5 Å². The monoisotopic (exact) mass is 460 g/mol. The SMILES string of the molecule is COc1cc2nc(C)nc(Nc3ccc4c(ccn4Cc4ccccc4)c3)c2cc1OC.Cl. The molecule has 168 valence electrons. The van der Waals surface area contributed by atoms with Gasteiger partial charge in [-0.2, -0.15) is 0 Å². The molecule has 0 aliphatic heterocycles. The fourth-order valence-electron chi connectivity index (χ4n) is 4.00. The van der Waals surface area contributed by atoms with Crippen molar-refractivity contribution in [2.24, 2.45) is 0 Å². The largest absolute Gasteiger partial charge is 0.493 e. The second-order valence-corrected chi connectivity index (χ2v) is 7.67. The zero-order valence-electron chi connectivity index (χ0n) is 18.7. The van der Waals surface area contributed by atoms with E-state index in [9.17, 15) is 0 Å². The van der Waals surface area contributed by atoms with Gasteiger partial charge in [-0.3, -0.25) is 0 Å². The number of aromatic nitrogens is 3. The van der Waals surface area contributed by atoms with E-state index in [0.29, 0.717) is 17.3 Å². The zero-order chi connectivity index (χ0) is 22.1. The Morgan fingerprint density at radius 3 is 2.39 bits per heavy atom. The molecule has 0 amide bonds. The molecule has 33 heavy (non-hydrogen) atoms. The summed E-state index contributed by atoms with van der Waals surface area (Å²) >= 11 is 0. The Kier molecular flexibility index (Phi) is 6.38. The Morgan fingerprint density at radius 1 is 0.879 bits per heavy atom. The molecule has 7 heteroatoms. The number of hydrogen-bond acceptors (Lipinski definition) is 5. The summed E-state index contributed by atoms with van der Waals surface area (Å²) in [5, 5.41) is 5.51. The molecular formula is C26H25ClN4O2. The van der Waals surface area contributed by atoms with Crippen LogP contribution in [0.4, 0.5) is 11.5 Å². The number of nitrogens with zero attached hydrogens (tertiary/aromatic N) is 3. The molecule has 5 aromatic rings. The summed E-state index contributed by atoms with van der Waals surface area (Å²) in [5.74, 6) is 2.70. The highest BCUT2D eigenvalue weighted by Crippen LogP contribution is 2.35. The predicted octanol–water partition coefficient (Wildman–Crippen LogP) is 6.12. The van der Waals surface area contributed by atoms with Crippen molar-refractivity contribution in [2.75, 3.05) is 19.5 Å². The molecule has 3 aromatic carbocycles. The summed E-state index contributed by atoms with van der Waals surface area (Å²) in [6.45, 7) is 2.72. The molecule has 0 spiro atoms. The smallest absolute Gasteiger partial charge is 0.162 e. The summed E-state index contributed by atoms with van der Waals surface area (Å²) in [6.07, 6.45) is 2.13. The van der Waals surface area contributed by atoms with Crippen molar-refractivity contribution in [1.82, 2.24) is 14.5 Å².